The summed E-state index contributed by atoms with van der Waals surface area (Å²) in [6.45, 7) is 1.08. The predicted octanol–water partition coefficient (Wildman–Crippen LogP) is -0.371. The van der Waals surface area contributed by atoms with Gasteiger partial charge in [0.25, 0.3) is 5.91 Å². The molecule has 402 valence electrons. The van der Waals surface area contributed by atoms with Gasteiger partial charge in [-0.2, -0.15) is 0 Å². The lowest BCUT2D eigenvalue weighted by molar-refractivity contribution is -0.141. The van der Waals surface area contributed by atoms with Gasteiger partial charge >= 0.3 is 41.8 Å². The fraction of sp³-hybridized carbons (Fsp3) is 0.469. The summed E-state index contributed by atoms with van der Waals surface area (Å²) in [6, 6.07) is 14.3. The van der Waals surface area contributed by atoms with Crippen molar-refractivity contribution in [3.63, 3.8) is 0 Å². The van der Waals surface area contributed by atoms with Crippen LogP contribution in [0.5, 0.6) is 0 Å². The average molecular weight is 1040 g/mol. The molecule has 25 nitrogen and oxygen atoms in total. The average Bonchev–Trinajstić information content (AvgIpc) is 3.34. The molecular formula is C49H65N9O16. The van der Waals surface area contributed by atoms with Crippen LogP contribution in [0.1, 0.15) is 53.6 Å². The van der Waals surface area contributed by atoms with E-state index in [0.29, 0.717) is 5.56 Å². The Morgan fingerprint density at radius 3 is 1.51 bits per heavy atom. The van der Waals surface area contributed by atoms with E-state index >= 15 is 0 Å². The molecule has 0 radical (unpaired) electrons. The summed E-state index contributed by atoms with van der Waals surface area (Å²) in [5, 5.41) is 70.8. The van der Waals surface area contributed by atoms with Gasteiger partial charge in [0, 0.05) is 83.9 Å². The predicted molar refractivity (Wildman–Crippen MR) is 264 cm³/mol. The van der Waals surface area contributed by atoms with Gasteiger partial charge in [-0.15, -0.1) is 0 Å². The van der Waals surface area contributed by atoms with Gasteiger partial charge < -0.3 is 57.2 Å². The van der Waals surface area contributed by atoms with Crippen LogP contribution in [0.3, 0.4) is 0 Å². The standard InChI is InChI=1S/C49H65N9O16/c59-40(28-55-18-20-56(29-42(62)63)22-24-58(31-44(66)67)25-23-57(21-19-55)30-43(64)65)51-27-32-11-13-34(14-12-32)45(68)52-39(26-35-8-5-7-33-6-1-2-9-36(33)35)46(69)50-17-4-3-10-37(47(70)71)53-49(74)54-38(48(72)73)15-16-41(60)61/h1-2,5-9,11-14,37-39H,3-4,10,15-31H2,(H,50,69)(H,51,59)(H,52,68)(H,60,61)(H,62,63)(H,64,65)(H,66,67)(H,70,71)(H,72,73)(H2,53,54,74)/t37-,38-,39?/m0/s1. The van der Waals surface area contributed by atoms with Gasteiger partial charge in [-0.05, 0) is 59.7 Å². The van der Waals surface area contributed by atoms with E-state index in [2.05, 4.69) is 26.6 Å². The molecule has 0 saturated carbocycles. The Kier molecular flexibility index (Phi) is 24.1. The quantitative estimate of drug-likeness (QED) is 0.0434. The van der Waals surface area contributed by atoms with Crippen molar-refractivity contribution < 1.29 is 78.6 Å². The van der Waals surface area contributed by atoms with Crippen molar-refractivity contribution in [1.29, 1.82) is 0 Å². The molecule has 11 N–H and O–H groups in total. The van der Waals surface area contributed by atoms with Crippen molar-refractivity contribution in [2.45, 2.75) is 63.2 Å². The number of amides is 5. The Hall–Kier alpha value is -7.74. The minimum Gasteiger partial charge on any atom is -0.481 e. The maximum absolute atomic E-state index is 13.8. The molecule has 3 aromatic rings. The van der Waals surface area contributed by atoms with Crippen molar-refractivity contribution in [2.24, 2.45) is 0 Å². The van der Waals surface area contributed by atoms with Crippen molar-refractivity contribution in [3.05, 3.63) is 83.4 Å². The molecule has 0 aromatic heterocycles. The SMILES string of the molecule is O=C(O)CC[C@H](NC(=O)N[C@@H](CCCCNC(=O)C(Cc1cccc2ccccc12)NC(=O)c1ccc(CNC(=O)CN2CCN(CC(=O)O)CCN(CC(=O)O)CCN(CC(=O)O)CC2)cc1)C(=O)O)C(=O)O. The van der Waals surface area contributed by atoms with Crippen LogP contribution >= 0.6 is 0 Å². The summed E-state index contributed by atoms with van der Waals surface area (Å²) in [4.78, 5) is 129. The van der Waals surface area contributed by atoms with Crippen LogP contribution in [0.15, 0.2) is 66.7 Å². The molecule has 25 heteroatoms. The molecule has 1 fully saturated rings. The highest BCUT2D eigenvalue weighted by Gasteiger charge is 2.27. The fourth-order valence-corrected chi connectivity index (χ4v) is 8.11. The lowest BCUT2D eigenvalue weighted by Crippen LogP contribution is -2.51. The highest BCUT2D eigenvalue weighted by molar-refractivity contribution is 5.98. The zero-order valence-corrected chi connectivity index (χ0v) is 40.8. The Labute approximate surface area is 425 Å². The van der Waals surface area contributed by atoms with Crippen molar-refractivity contribution in [3.8, 4) is 0 Å². The Balaban J connectivity index is 1.36. The van der Waals surface area contributed by atoms with Crippen molar-refractivity contribution in [2.75, 3.05) is 85.1 Å². The first kappa shape index (κ1) is 58.8. The summed E-state index contributed by atoms with van der Waals surface area (Å²) in [6.07, 6.45) is -0.497. The number of hydrogen-bond donors (Lipinski definition) is 11. The highest BCUT2D eigenvalue weighted by atomic mass is 16.4. The summed E-state index contributed by atoms with van der Waals surface area (Å²) in [5.74, 6) is -8.83. The van der Waals surface area contributed by atoms with Crippen LogP contribution < -0.4 is 26.6 Å². The number of urea groups is 1. The monoisotopic (exact) mass is 1040 g/mol. The zero-order valence-electron chi connectivity index (χ0n) is 40.8. The first-order valence-electron chi connectivity index (χ1n) is 24.0. The maximum atomic E-state index is 13.8. The first-order chi connectivity index (χ1) is 35.3. The van der Waals surface area contributed by atoms with Crippen LogP contribution in [0, 0.1) is 0 Å². The molecule has 4 rings (SSSR count). The molecule has 0 bridgehead atoms. The van der Waals surface area contributed by atoms with Gasteiger partial charge in [0.15, 0.2) is 0 Å². The summed E-state index contributed by atoms with van der Waals surface area (Å²) in [7, 11) is 0. The third kappa shape index (κ3) is 21.5. The lowest BCUT2D eigenvalue weighted by atomic mass is 9.98. The van der Waals surface area contributed by atoms with E-state index in [-0.39, 0.29) is 129 Å². The Morgan fingerprint density at radius 1 is 0.500 bits per heavy atom. The second-order valence-corrected chi connectivity index (χ2v) is 17.7. The van der Waals surface area contributed by atoms with Gasteiger partial charge in [-0.3, -0.25) is 53.2 Å². The van der Waals surface area contributed by atoms with Gasteiger partial charge in [0.05, 0.1) is 26.2 Å². The zero-order chi connectivity index (χ0) is 54.2. The Morgan fingerprint density at radius 2 is 1.00 bits per heavy atom. The first-order valence-corrected chi connectivity index (χ1v) is 24.0. The number of carbonyl (C=O) groups is 10. The van der Waals surface area contributed by atoms with Gasteiger partial charge in [-0.25, -0.2) is 14.4 Å². The smallest absolute Gasteiger partial charge is 0.326 e. The molecular weight excluding hydrogens is 971 g/mol. The number of fused-ring (bicyclic) bond motifs is 1. The molecule has 5 amide bonds. The molecule has 1 aliphatic rings. The van der Waals surface area contributed by atoms with Crippen molar-refractivity contribution in [1.82, 2.24) is 46.2 Å². The van der Waals surface area contributed by atoms with Crippen LogP contribution in [0.25, 0.3) is 10.8 Å². The molecule has 1 heterocycles. The van der Waals surface area contributed by atoms with E-state index in [1.54, 1.807) is 31.7 Å². The number of nitrogens with one attached hydrogen (secondary N) is 5. The third-order valence-electron chi connectivity index (χ3n) is 12.1. The fourth-order valence-electron chi connectivity index (χ4n) is 8.11. The molecule has 0 aliphatic carbocycles. The van der Waals surface area contributed by atoms with E-state index < -0.39 is 84.6 Å². The topological polar surface area (TPSA) is 365 Å². The molecule has 1 saturated heterocycles. The highest BCUT2D eigenvalue weighted by Crippen LogP contribution is 2.20. The van der Waals surface area contributed by atoms with Crippen LogP contribution in [0.2, 0.25) is 0 Å². The summed E-state index contributed by atoms with van der Waals surface area (Å²) < 4.78 is 0. The van der Waals surface area contributed by atoms with E-state index in [1.807, 2.05) is 42.5 Å². The van der Waals surface area contributed by atoms with Gasteiger partial charge in [0.1, 0.15) is 18.1 Å². The molecule has 1 aliphatic heterocycles. The van der Waals surface area contributed by atoms with Gasteiger partial charge in [-0.1, -0.05) is 54.6 Å². The molecule has 3 aromatic carbocycles. The number of hydrogen-bond acceptors (Lipinski definition) is 14. The lowest BCUT2D eigenvalue weighted by Gasteiger charge is -2.32. The molecule has 0 spiro atoms. The largest absolute Gasteiger partial charge is 0.481 e. The normalized spacial score (nSPS) is 15.5. The number of carbonyl (C=O) groups excluding carboxylic acids is 4. The minimum absolute atomic E-state index is 0.0646. The number of carboxylic acid groups (broad SMARTS) is 6. The number of aliphatic carboxylic acids is 6. The third-order valence-corrected chi connectivity index (χ3v) is 12.1. The Bertz CT molecular complexity index is 2400. The van der Waals surface area contributed by atoms with Gasteiger partial charge in [0.2, 0.25) is 11.8 Å². The summed E-state index contributed by atoms with van der Waals surface area (Å²) in [5.41, 5.74) is 1.63. The molecule has 3 atom stereocenters. The van der Waals surface area contributed by atoms with Crippen LogP contribution in [-0.2, 0) is 51.3 Å². The second-order valence-electron chi connectivity index (χ2n) is 17.7. The van der Waals surface area contributed by atoms with Crippen LogP contribution in [0.4, 0.5) is 4.79 Å². The van der Waals surface area contributed by atoms with Crippen LogP contribution in [-0.4, -0.2) is 213 Å². The second kappa shape index (κ2) is 30.3. The van der Waals surface area contributed by atoms with E-state index in [0.717, 1.165) is 16.3 Å². The minimum atomic E-state index is -1.56. The van der Waals surface area contributed by atoms with E-state index in [9.17, 15) is 73.5 Å². The summed E-state index contributed by atoms with van der Waals surface area (Å²) >= 11 is 0. The number of rotatable bonds is 27. The van der Waals surface area contributed by atoms with Crippen molar-refractivity contribution >= 4 is 70.3 Å². The number of nitrogens with zero attached hydrogens (tertiary/aromatic N) is 4. The number of carboxylic acids is 6. The van der Waals surface area contributed by atoms with E-state index in [1.165, 1.54) is 12.1 Å². The number of unbranched alkanes of at least 4 members (excludes halogenated alkanes) is 1. The molecule has 74 heavy (non-hydrogen) atoms. The molecule has 1 unspecified atom stereocenters. The maximum Gasteiger partial charge on any atom is 0.326 e. The number of benzene rings is 3. The van der Waals surface area contributed by atoms with E-state index in [4.69, 9.17) is 5.11 Å².